The topological polar surface area (TPSA) is 111 Å². The number of non-ortho nitro benzene ring substituents is 1. The van der Waals surface area contributed by atoms with Crippen molar-refractivity contribution in [2.75, 3.05) is 6.61 Å². The van der Waals surface area contributed by atoms with E-state index in [2.05, 4.69) is 10.9 Å². The maximum absolute atomic E-state index is 11.7. The van der Waals surface area contributed by atoms with E-state index < -0.39 is 16.7 Å². The average Bonchev–Trinajstić information content (AvgIpc) is 2.64. The van der Waals surface area contributed by atoms with Crippen molar-refractivity contribution in [1.82, 2.24) is 10.9 Å². The molecule has 2 amide bonds. The highest BCUT2D eigenvalue weighted by Crippen LogP contribution is 2.14. The van der Waals surface area contributed by atoms with Crippen LogP contribution >= 0.6 is 0 Å². The van der Waals surface area contributed by atoms with Crippen LogP contribution in [-0.4, -0.2) is 23.3 Å². The molecule has 0 aliphatic carbocycles. The SMILES string of the molecule is Cc1ccc(OCC(=O)NNC(=O)C=Cc2cccc([N+](=O)[O-])c2)cc1. The lowest BCUT2D eigenvalue weighted by Gasteiger charge is -2.07. The van der Waals surface area contributed by atoms with Gasteiger partial charge in [0.05, 0.1) is 4.92 Å². The van der Waals surface area contributed by atoms with Gasteiger partial charge in [0.25, 0.3) is 17.5 Å². The molecular formula is C18H17N3O5. The van der Waals surface area contributed by atoms with Crippen LogP contribution in [0.5, 0.6) is 5.75 Å². The Morgan fingerprint density at radius 3 is 2.58 bits per heavy atom. The summed E-state index contributed by atoms with van der Waals surface area (Å²) < 4.78 is 5.27. The lowest BCUT2D eigenvalue weighted by atomic mass is 10.2. The van der Waals surface area contributed by atoms with Crippen LogP contribution < -0.4 is 15.6 Å². The van der Waals surface area contributed by atoms with Gasteiger partial charge in [-0.05, 0) is 30.7 Å². The fraction of sp³-hybridized carbons (Fsp3) is 0.111. The molecule has 0 fully saturated rings. The number of hydrogen-bond acceptors (Lipinski definition) is 5. The molecule has 2 N–H and O–H groups in total. The molecule has 26 heavy (non-hydrogen) atoms. The minimum absolute atomic E-state index is 0.0749. The molecule has 0 unspecified atom stereocenters. The van der Waals surface area contributed by atoms with Gasteiger partial charge in [-0.15, -0.1) is 0 Å². The fourth-order valence-corrected chi connectivity index (χ4v) is 1.91. The highest BCUT2D eigenvalue weighted by molar-refractivity contribution is 5.93. The third kappa shape index (κ3) is 6.08. The molecule has 2 aromatic carbocycles. The summed E-state index contributed by atoms with van der Waals surface area (Å²) in [6, 6.07) is 13.0. The molecule has 0 aliphatic rings. The molecule has 134 valence electrons. The van der Waals surface area contributed by atoms with Gasteiger partial charge in [0.1, 0.15) is 5.75 Å². The smallest absolute Gasteiger partial charge is 0.276 e. The van der Waals surface area contributed by atoms with Gasteiger partial charge in [-0.3, -0.25) is 30.6 Å². The predicted molar refractivity (Wildman–Crippen MR) is 95.1 cm³/mol. The summed E-state index contributed by atoms with van der Waals surface area (Å²) in [6.45, 7) is 1.69. The van der Waals surface area contributed by atoms with Crippen LogP contribution in [0.25, 0.3) is 6.08 Å². The van der Waals surface area contributed by atoms with Crippen LogP contribution in [0, 0.1) is 17.0 Å². The van der Waals surface area contributed by atoms with Gasteiger partial charge in [0, 0.05) is 18.2 Å². The largest absolute Gasteiger partial charge is 0.484 e. The Hall–Kier alpha value is -3.68. The van der Waals surface area contributed by atoms with Crippen molar-refractivity contribution < 1.29 is 19.2 Å². The van der Waals surface area contributed by atoms with E-state index >= 15 is 0 Å². The van der Waals surface area contributed by atoms with Gasteiger partial charge < -0.3 is 4.74 Å². The molecule has 0 spiro atoms. The summed E-state index contributed by atoms with van der Waals surface area (Å²) in [5.74, 6) is -0.564. The minimum atomic E-state index is -0.583. The number of carbonyl (C=O) groups is 2. The van der Waals surface area contributed by atoms with Gasteiger partial charge >= 0.3 is 0 Å². The standard InChI is InChI=1S/C18H17N3O5/c1-13-5-8-16(9-6-13)26-12-18(23)20-19-17(22)10-7-14-3-2-4-15(11-14)21(24)25/h2-11H,12H2,1H3,(H,19,22)(H,20,23). The summed E-state index contributed by atoms with van der Waals surface area (Å²) in [7, 11) is 0. The molecule has 0 saturated heterocycles. The molecule has 0 bridgehead atoms. The van der Waals surface area contributed by atoms with Crippen molar-refractivity contribution >= 4 is 23.6 Å². The van der Waals surface area contributed by atoms with Crippen LogP contribution in [-0.2, 0) is 9.59 Å². The van der Waals surface area contributed by atoms with E-state index in [4.69, 9.17) is 4.74 Å². The summed E-state index contributed by atoms with van der Waals surface area (Å²) in [6.07, 6.45) is 2.55. The van der Waals surface area contributed by atoms with E-state index in [1.165, 1.54) is 24.3 Å². The van der Waals surface area contributed by atoms with Gasteiger partial charge in [-0.25, -0.2) is 0 Å². The van der Waals surface area contributed by atoms with E-state index in [0.29, 0.717) is 11.3 Å². The third-order valence-corrected chi connectivity index (χ3v) is 3.22. The predicted octanol–water partition coefficient (Wildman–Crippen LogP) is 2.14. The number of nitrogens with one attached hydrogen (secondary N) is 2. The number of ether oxygens (including phenoxy) is 1. The van der Waals surface area contributed by atoms with E-state index in [-0.39, 0.29) is 12.3 Å². The van der Waals surface area contributed by atoms with E-state index in [1.807, 2.05) is 19.1 Å². The molecule has 2 rings (SSSR count). The first-order valence-electron chi connectivity index (χ1n) is 7.65. The van der Waals surface area contributed by atoms with Crippen molar-refractivity contribution in [3.63, 3.8) is 0 Å². The quantitative estimate of drug-likeness (QED) is 0.468. The molecular weight excluding hydrogens is 338 g/mol. The number of amides is 2. The summed E-state index contributed by atoms with van der Waals surface area (Å²) in [4.78, 5) is 33.5. The van der Waals surface area contributed by atoms with Crippen LogP contribution in [0.4, 0.5) is 5.69 Å². The average molecular weight is 355 g/mol. The van der Waals surface area contributed by atoms with Crippen molar-refractivity contribution in [2.45, 2.75) is 6.92 Å². The molecule has 2 aromatic rings. The number of hydrogen-bond donors (Lipinski definition) is 2. The lowest BCUT2D eigenvalue weighted by molar-refractivity contribution is -0.384. The normalized spacial score (nSPS) is 10.3. The van der Waals surface area contributed by atoms with Gasteiger partial charge in [-0.1, -0.05) is 29.8 Å². The highest BCUT2D eigenvalue weighted by Gasteiger charge is 2.05. The van der Waals surface area contributed by atoms with Gasteiger partial charge in [0.15, 0.2) is 6.61 Å². The molecule has 8 nitrogen and oxygen atoms in total. The molecule has 8 heteroatoms. The second-order valence-corrected chi connectivity index (χ2v) is 5.32. The summed E-state index contributed by atoms with van der Waals surface area (Å²) in [5, 5.41) is 10.7. The highest BCUT2D eigenvalue weighted by atomic mass is 16.6. The summed E-state index contributed by atoms with van der Waals surface area (Å²) >= 11 is 0. The number of hydrazine groups is 1. The fourth-order valence-electron chi connectivity index (χ4n) is 1.91. The van der Waals surface area contributed by atoms with Crippen molar-refractivity contribution in [1.29, 1.82) is 0 Å². The van der Waals surface area contributed by atoms with E-state index in [1.54, 1.807) is 18.2 Å². The maximum atomic E-state index is 11.7. The van der Waals surface area contributed by atoms with Crippen LogP contribution in [0.1, 0.15) is 11.1 Å². The summed E-state index contributed by atoms with van der Waals surface area (Å²) in [5.41, 5.74) is 5.89. The molecule has 0 aromatic heterocycles. The molecule has 0 radical (unpaired) electrons. The third-order valence-electron chi connectivity index (χ3n) is 3.22. The first-order valence-corrected chi connectivity index (χ1v) is 7.65. The zero-order valence-electron chi connectivity index (χ0n) is 14.0. The number of carbonyl (C=O) groups excluding carboxylic acids is 2. The van der Waals surface area contributed by atoms with Gasteiger partial charge in [-0.2, -0.15) is 0 Å². The number of nitro groups is 1. The number of rotatable bonds is 6. The van der Waals surface area contributed by atoms with Crippen molar-refractivity contribution in [3.8, 4) is 5.75 Å². The zero-order chi connectivity index (χ0) is 18.9. The Morgan fingerprint density at radius 2 is 1.88 bits per heavy atom. The number of benzene rings is 2. The lowest BCUT2D eigenvalue weighted by Crippen LogP contribution is -2.43. The van der Waals surface area contributed by atoms with Crippen LogP contribution in [0.2, 0.25) is 0 Å². The Bertz CT molecular complexity index is 831. The number of nitrogens with zero attached hydrogens (tertiary/aromatic N) is 1. The maximum Gasteiger partial charge on any atom is 0.276 e. The zero-order valence-corrected chi connectivity index (χ0v) is 14.0. The van der Waals surface area contributed by atoms with Crippen LogP contribution in [0.3, 0.4) is 0 Å². The van der Waals surface area contributed by atoms with Gasteiger partial charge in [0.2, 0.25) is 0 Å². The second-order valence-electron chi connectivity index (χ2n) is 5.32. The number of aryl methyl sites for hydroxylation is 1. The Morgan fingerprint density at radius 1 is 1.15 bits per heavy atom. The first kappa shape index (κ1) is 18.7. The first-order chi connectivity index (χ1) is 12.4. The molecule has 0 heterocycles. The molecule has 0 aliphatic heterocycles. The van der Waals surface area contributed by atoms with Crippen LogP contribution in [0.15, 0.2) is 54.6 Å². The van der Waals surface area contributed by atoms with Crippen molar-refractivity contribution in [2.24, 2.45) is 0 Å². The minimum Gasteiger partial charge on any atom is -0.484 e. The Kier molecular flexibility index (Phi) is 6.44. The number of nitro benzene ring substituents is 1. The second kappa shape index (κ2) is 8.97. The monoisotopic (exact) mass is 355 g/mol. The van der Waals surface area contributed by atoms with E-state index in [9.17, 15) is 19.7 Å². The Balaban J connectivity index is 1.77. The molecule has 0 saturated carbocycles. The van der Waals surface area contributed by atoms with E-state index in [0.717, 1.165) is 11.6 Å². The molecule has 0 atom stereocenters. The Labute approximate surface area is 149 Å². The van der Waals surface area contributed by atoms with Crippen molar-refractivity contribution in [3.05, 3.63) is 75.8 Å².